The Kier molecular flexibility index (Phi) is 3.00. The number of anilines is 1. The zero-order valence-electron chi connectivity index (χ0n) is 10.6. The van der Waals surface area contributed by atoms with Crippen molar-refractivity contribution in [3.05, 3.63) is 34.9 Å². The number of hydrogen-bond donors (Lipinski definition) is 1. The van der Waals surface area contributed by atoms with Crippen LogP contribution in [0.1, 0.15) is 26.3 Å². The molecule has 2 aromatic rings. The van der Waals surface area contributed by atoms with E-state index < -0.39 is 0 Å². The van der Waals surface area contributed by atoms with Crippen LogP contribution in [0.4, 0.5) is 5.82 Å². The van der Waals surface area contributed by atoms with Gasteiger partial charge in [-0.3, -0.25) is 0 Å². The van der Waals surface area contributed by atoms with E-state index in [1.54, 1.807) is 0 Å². The van der Waals surface area contributed by atoms with Gasteiger partial charge < -0.3 is 5.32 Å². The first kappa shape index (κ1) is 12.2. The van der Waals surface area contributed by atoms with Crippen molar-refractivity contribution in [2.24, 2.45) is 0 Å². The molecule has 2 nitrogen and oxygen atoms in total. The van der Waals surface area contributed by atoms with E-state index in [-0.39, 0.29) is 5.54 Å². The summed E-state index contributed by atoms with van der Waals surface area (Å²) in [5, 5.41) is 5.24. The van der Waals surface area contributed by atoms with Crippen molar-refractivity contribution in [2.75, 3.05) is 5.32 Å². The van der Waals surface area contributed by atoms with E-state index >= 15 is 0 Å². The van der Waals surface area contributed by atoms with Gasteiger partial charge in [0.1, 0.15) is 5.82 Å². The van der Waals surface area contributed by atoms with Crippen LogP contribution in [0.15, 0.2) is 24.3 Å². The molecule has 0 amide bonds. The number of aromatic nitrogens is 1. The lowest BCUT2D eigenvalue weighted by Gasteiger charge is -2.22. The molecule has 1 aromatic heterocycles. The summed E-state index contributed by atoms with van der Waals surface area (Å²) in [6.45, 7) is 8.44. The fourth-order valence-corrected chi connectivity index (χ4v) is 1.99. The predicted molar refractivity (Wildman–Crippen MR) is 74.9 cm³/mol. The monoisotopic (exact) mass is 248 g/mol. The lowest BCUT2D eigenvalue weighted by atomic mass is 10.1. The third-order valence-corrected chi connectivity index (χ3v) is 2.72. The van der Waals surface area contributed by atoms with Crippen molar-refractivity contribution in [2.45, 2.75) is 33.2 Å². The molecule has 17 heavy (non-hydrogen) atoms. The molecular formula is C14H17ClN2. The molecular weight excluding hydrogens is 232 g/mol. The maximum Gasteiger partial charge on any atom is 0.127 e. The van der Waals surface area contributed by atoms with E-state index in [4.69, 9.17) is 11.6 Å². The molecule has 0 fully saturated rings. The number of benzene rings is 1. The molecule has 0 saturated heterocycles. The van der Waals surface area contributed by atoms with E-state index in [9.17, 15) is 0 Å². The Morgan fingerprint density at radius 3 is 2.53 bits per heavy atom. The normalized spacial score (nSPS) is 11.8. The lowest BCUT2D eigenvalue weighted by molar-refractivity contribution is 0.631. The van der Waals surface area contributed by atoms with Crippen LogP contribution in [0.5, 0.6) is 0 Å². The molecule has 0 saturated carbocycles. The molecule has 1 aromatic carbocycles. The summed E-state index contributed by atoms with van der Waals surface area (Å²) in [7, 11) is 0. The molecule has 2 rings (SSSR count). The van der Waals surface area contributed by atoms with Gasteiger partial charge in [-0.05, 0) is 57.5 Å². The van der Waals surface area contributed by atoms with E-state index in [1.165, 1.54) is 5.56 Å². The van der Waals surface area contributed by atoms with Crippen LogP contribution in [0, 0.1) is 6.92 Å². The predicted octanol–water partition coefficient (Wildman–Crippen LogP) is 4.41. The molecule has 3 heteroatoms. The van der Waals surface area contributed by atoms with Gasteiger partial charge in [-0.25, -0.2) is 4.98 Å². The summed E-state index contributed by atoms with van der Waals surface area (Å²) < 4.78 is 0. The minimum absolute atomic E-state index is 0.0134. The van der Waals surface area contributed by atoms with E-state index in [1.807, 2.05) is 18.2 Å². The first-order valence-corrected chi connectivity index (χ1v) is 6.08. The van der Waals surface area contributed by atoms with Crippen molar-refractivity contribution in [3.8, 4) is 0 Å². The minimum atomic E-state index is 0.0134. The van der Waals surface area contributed by atoms with Gasteiger partial charge in [-0.15, -0.1) is 0 Å². The molecule has 0 aliphatic rings. The quantitative estimate of drug-likeness (QED) is 0.809. The zero-order chi connectivity index (χ0) is 12.6. The smallest absolute Gasteiger partial charge is 0.127 e. The summed E-state index contributed by atoms with van der Waals surface area (Å²) in [6, 6.07) is 7.85. The maximum absolute atomic E-state index is 5.99. The number of fused-ring (bicyclic) bond motifs is 1. The largest absolute Gasteiger partial charge is 0.365 e. The zero-order valence-corrected chi connectivity index (χ0v) is 11.4. The molecule has 90 valence electrons. The van der Waals surface area contributed by atoms with Crippen LogP contribution in [-0.4, -0.2) is 10.5 Å². The Hall–Kier alpha value is -1.28. The van der Waals surface area contributed by atoms with Crippen molar-refractivity contribution < 1.29 is 0 Å². The highest BCUT2D eigenvalue weighted by atomic mass is 35.5. The van der Waals surface area contributed by atoms with Gasteiger partial charge in [0.15, 0.2) is 0 Å². The number of halogens is 1. The van der Waals surface area contributed by atoms with Gasteiger partial charge in [0.2, 0.25) is 0 Å². The highest BCUT2D eigenvalue weighted by Gasteiger charge is 2.11. The number of hydrogen-bond acceptors (Lipinski definition) is 2. The fraction of sp³-hybridized carbons (Fsp3) is 0.357. The summed E-state index contributed by atoms with van der Waals surface area (Å²) in [6.07, 6.45) is 0. The summed E-state index contributed by atoms with van der Waals surface area (Å²) in [4.78, 5) is 4.59. The second-order valence-corrected chi connectivity index (χ2v) is 5.80. The van der Waals surface area contributed by atoms with Crippen molar-refractivity contribution in [3.63, 3.8) is 0 Å². The molecule has 0 unspecified atom stereocenters. The second kappa shape index (κ2) is 4.19. The Balaban J connectivity index is 2.52. The minimum Gasteiger partial charge on any atom is -0.365 e. The van der Waals surface area contributed by atoms with Crippen LogP contribution in [0.2, 0.25) is 5.02 Å². The van der Waals surface area contributed by atoms with Gasteiger partial charge in [0, 0.05) is 15.9 Å². The molecule has 0 bridgehead atoms. The van der Waals surface area contributed by atoms with E-state index in [2.05, 4.69) is 44.1 Å². The fourth-order valence-electron chi connectivity index (χ4n) is 1.81. The third-order valence-electron chi connectivity index (χ3n) is 2.48. The van der Waals surface area contributed by atoms with E-state index in [0.29, 0.717) is 0 Å². The number of pyridine rings is 1. The SMILES string of the molecule is Cc1cc(NC(C)(C)C)nc2ccc(Cl)cc12. The number of nitrogens with one attached hydrogen (secondary N) is 1. The summed E-state index contributed by atoms with van der Waals surface area (Å²) in [5.41, 5.74) is 2.17. The average molecular weight is 249 g/mol. The number of aryl methyl sites for hydroxylation is 1. The topological polar surface area (TPSA) is 24.9 Å². The molecule has 0 aliphatic heterocycles. The van der Waals surface area contributed by atoms with Gasteiger partial charge in [0.25, 0.3) is 0 Å². The first-order valence-electron chi connectivity index (χ1n) is 5.70. The Labute approximate surface area is 107 Å². The van der Waals surface area contributed by atoms with Crippen molar-refractivity contribution in [1.29, 1.82) is 0 Å². The molecule has 1 heterocycles. The third kappa shape index (κ3) is 2.89. The lowest BCUT2D eigenvalue weighted by Crippen LogP contribution is -2.26. The number of nitrogens with zero attached hydrogens (tertiary/aromatic N) is 1. The Bertz CT molecular complexity index is 556. The number of rotatable bonds is 1. The van der Waals surface area contributed by atoms with Gasteiger partial charge >= 0.3 is 0 Å². The summed E-state index contributed by atoms with van der Waals surface area (Å²) in [5.74, 6) is 0.907. The average Bonchev–Trinajstić information content (AvgIpc) is 2.17. The standard InChI is InChI=1S/C14H17ClN2/c1-9-7-13(17-14(2,3)4)16-12-6-5-10(15)8-11(9)12/h5-8H,1-4H3,(H,16,17). The Morgan fingerprint density at radius 2 is 1.88 bits per heavy atom. The van der Waals surface area contributed by atoms with Crippen LogP contribution in [-0.2, 0) is 0 Å². The first-order chi connectivity index (χ1) is 7.85. The van der Waals surface area contributed by atoms with Crippen LogP contribution in [0.3, 0.4) is 0 Å². The van der Waals surface area contributed by atoms with E-state index in [0.717, 1.165) is 21.7 Å². The second-order valence-electron chi connectivity index (χ2n) is 5.36. The molecule has 0 radical (unpaired) electrons. The van der Waals surface area contributed by atoms with Crippen LogP contribution in [0.25, 0.3) is 10.9 Å². The molecule has 0 atom stereocenters. The van der Waals surface area contributed by atoms with Crippen LogP contribution >= 0.6 is 11.6 Å². The summed E-state index contributed by atoms with van der Waals surface area (Å²) >= 11 is 5.99. The molecule has 0 aliphatic carbocycles. The van der Waals surface area contributed by atoms with Crippen molar-refractivity contribution >= 4 is 28.3 Å². The highest BCUT2D eigenvalue weighted by Crippen LogP contribution is 2.24. The molecule has 1 N–H and O–H groups in total. The highest BCUT2D eigenvalue weighted by molar-refractivity contribution is 6.31. The van der Waals surface area contributed by atoms with Gasteiger partial charge in [0.05, 0.1) is 5.52 Å². The van der Waals surface area contributed by atoms with Crippen LogP contribution < -0.4 is 5.32 Å². The molecule has 0 spiro atoms. The van der Waals surface area contributed by atoms with Gasteiger partial charge in [-0.2, -0.15) is 0 Å². The van der Waals surface area contributed by atoms with Crippen molar-refractivity contribution in [1.82, 2.24) is 4.98 Å². The van der Waals surface area contributed by atoms with Gasteiger partial charge in [-0.1, -0.05) is 11.6 Å². The maximum atomic E-state index is 5.99. The Morgan fingerprint density at radius 1 is 1.18 bits per heavy atom.